The van der Waals surface area contributed by atoms with Gasteiger partial charge in [0.25, 0.3) is 10.0 Å². The van der Waals surface area contributed by atoms with Gasteiger partial charge < -0.3 is 5.73 Å². The number of rotatable bonds is 5. The van der Waals surface area contributed by atoms with E-state index in [1.54, 1.807) is 6.07 Å². The van der Waals surface area contributed by atoms with E-state index < -0.39 is 10.0 Å². The number of nitrogens with one attached hydrogen (secondary N) is 1. The monoisotopic (exact) mass is 303 g/mol. The highest BCUT2D eigenvalue weighted by atomic mass is 32.2. The molecule has 1 aliphatic rings. The molecule has 0 radical (unpaired) electrons. The second kappa shape index (κ2) is 5.55. The Labute approximate surface area is 124 Å². The van der Waals surface area contributed by atoms with Crippen molar-refractivity contribution in [2.45, 2.75) is 30.0 Å². The molecular formula is C15H17N3O2S. The van der Waals surface area contributed by atoms with E-state index in [9.17, 15) is 8.42 Å². The fourth-order valence-corrected chi connectivity index (χ4v) is 3.56. The lowest BCUT2D eigenvalue weighted by Crippen LogP contribution is -2.27. The number of aromatic nitrogens is 1. The predicted molar refractivity (Wildman–Crippen MR) is 80.0 cm³/mol. The van der Waals surface area contributed by atoms with Crippen LogP contribution in [0.2, 0.25) is 0 Å². The van der Waals surface area contributed by atoms with Gasteiger partial charge in [0.1, 0.15) is 0 Å². The lowest BCUT2D eigenvalue weighted by Gasteiger charge is -2.06. The highest BCUT2D eigenvalue weighted by molar-refractivity contribution is 7.89. The smallest absolute Gasteiger partial charge is 0.258 e. The highest BCUT2D eigenvalue weighted by Crippen LogP contribution is 2.41. The molecule has 0 amide bonds. The Bertz CT molecular complexity index is 714. The summed E-state index contributed by atoms with van der Waals surface area (Å²) in [5.74, 6) is 0.254. The molecule has 1 heterocycles. The van der Waals surface area contributed by atoms with Crippen LogP contribution in [-0.2, 0) is 16.6 Å². The quantitative estimate of drug-likeness (QED) is 0.873. The molecule has 0 saturated heterocycles. The number of hydrogen-bond acceptors (Lipinski definition) is 4. The van der Waals surface area contributed by atoms with Crippen molar-refractivity contribution in [3.63, 3.8) is 0 Å². The van der Waals surface area contributed by atoms with Crippen molar-refractivity contribution in [3.8, 4) is 0 Å². The molecule has 0 bridgehead atoms. The molecule has 1 aliphatic carbocycles. The third-order valence-corrected chi connectivity index (χ3v) is 5.04. The normalized spacial score (nSPS) is 21.2. The van der Waals surface area contributed by atoms with E-state index in [0.717, 1.165) is 17.5 Å². The van der Waals surface area contributed by atoms with E-state index >= 15 is 0 Å². The van der Waals surface area contributed by atoms with Crippen LogP contribution in [0.4, 0.5) is 0 Å². The van der Waals surface area contributed by atoms with Gasteiger partial charge in [0.15, 0.2) is 5.03 Å². The van der Waals surface area contributed by atoms with Crippen LogP contribution in [0.25, 0.3) is 0 Å². The molecule has 6 heteroatoms. The fraction of sp³-hybridized carbons (Fsp3) is 0.267. The van der Waals surface area contributed by atoms with Crippen molar-refractivity contribution in [1.82, 2.24) is 9.71 Å². The lowest BCUT2D eigenvalue weighted by molar-refractivity contribution is 0.576. The van der Waals surface area contributed by atoms with Crippen molar-refractivity contribution in [2.24, 2.45) is 5.73 Å². The third-order valence-electron chi connectivity index (χ3n) is 3.63. The van der Waals surface area contributed by atoms with Gasteiger partial charge in [-0.05, 0) is 23.6 Å². The molecule has 2 unspecified atom stereocenters. The number of hydrogen-bond donors (Lipinski definition) is 2. The first-order chi connectivity index (χ1) is 10.1. The number of nitrogens with zero attached hydrogens (tertiary/aromatic N) is 1. The Morgan fingerprint density at radius 1 is 1.19 bits per heavy atom. The Hall–Kier alpha value is -1.76. The van der Waals surface area contributed by atoms with E-state index in [4.69, 9.17) is 5.73 Å². The maximum atomic E-state index is 12.3. The van der Waals surface area contributed by atoms with E-state index in [0.29, 0.717) is 6.54 Å². The molecule has 1 saturated carbocycles. The summed E-state index contributed by atoms with van der Waals surface area (Å²) in [6.45, 7) is 0.347. The summed E-state index contributed by atoms with van der Waals surface area (Å²) in [6, 6.07) is 13.1. The molecule has 3 N–H and O–H groups in total. The molecule has 21 heavy (non-hydrogen) atoms. The third kappa shape index (κ3) is 3.12. The van der Waals surface area contributed by atoms with Crippen LogP contribution in [-0.4, -0.2) is 19.4 Å². The van der Waals surface area contributed by atoms with Crippen LogP contribution in [0.15, 0.2) is 53.7 Å². The number of benzene rings is 1. The van der Waals surface area contributed by atoms with Gasteiger partial charge >= 0.3 is 0 Å². The van der Waals surface area contributed by atoms with Crippen LogP contribution in [0.3, 0.4) is 0 Å². The predicted octanol–water partition coefficient (Wildman–Crippen LogP) is 1.37. The maximum absolute atomic E-state index is 12.3. The Morgan fingerprint density at radius 3 is 2.57 bits per heavy atom. The molecule has 1 fully saturated rings. The van der Waals surface area contributed by atoms with Crippen LogP contribution < -0.4 is 10.5 Å². The number of nitrogens with two attached hydrogens (primary N) is 1. The first kappa shape index (κ1) is 14.2. The van der Waals surface area contributed by atoms with Crippen LogP contribution in [0.5, 0.6) is 0 Å². The topological polar surface area (TPSA) is 85.1 Å². The number of sulfonamides is 1. The zero-order chi connectivity index (χ0) is 14.9. The van der Waals surface area contributed by atoms with Gasteiger partial charge in [-0.15, -0.1) is 0 Å². The molecular weight excluding hydrogens is 286 g/mol. The SMILES string of the molecule is NCc1ccc(S(=O)(=O)NC2CC2c2ccccc2)nc1. The molecule has 3 rings (SSSR count). The van der Waals surface area contributed by atoms with Gasteiger partial charge in [-0.2, -0.15) is 0 Å². The lowest BCUT2D eigenvalue weighted by atomic mass is 10.1. The van der Waals surface area contributed by atoms with E-state index in [-0.39, 0.29) is 17.0 Å². The standard InChI is InChI=1S/C15H17N3O2S/c16-9-11-6-7-15(17-10-11)21(19,20)18-14-8-13(14)12-4-2-1-3-5-12/h1-7,10,13-14,18H,8-9,16H2. The molecule has 110 valence electrons. The summed E-state index contributed by atoms with van der Waals surface area (Å²) in [5, 5.41) is 0.0402. The van der Waals surface area contributed by atoms with Gasteiger partial charge in [-0.25, -0.2) is 18.1 Å². The Kier molecular flexibility index (Phi) is 3.75. The van der Waals surface area contributed by atoms with Crippen LogP contribution in [0, 0.1) is 0 Å². The van der Waals surface area contributed by atoms with Gasteiger partial charge in [0.05, 0.1) is 0 Å². The summed E-state index contributed by atoms with van der Waals surface area (Å²) in [4.78, 5) is 3.97. The average molecular weight is 303 g/mol. The minimum Gasteiger partial charge on any atom is -0.326 e. The van der Waals surface area contributed by atoms with Crippen LogP contribution in [0.1, 0.15) is 23.5 Å². The van der Waals surface area contributed by atoms with Crippen molar-refractivity contribution in [2.75, 3.05) is 0 Å². The van der Waals surface area contributed by atoms with Crippen molar-refractivity contribution in [3.05, 3.63) is 59.8 Å². The van der Waals surface area contributed by atoms with E-state index in [2.05, 4.69) is 9.71 Å². The molecule has 2 aromatic rings. The van der Waals surface area contributed by atoms with E-state index in [1.807, 2.05) is 30.3 Å². The van der Waals surface area contributed by atoms with Crippen molar-refractivity contribution in [1.29, 1.82) is 0 Å². The highest BCUT2D eigenvalue weighted by Gasteiger charge is 2.41. The first-order valence-corrected chi connectivity index (χ1v) is 8.31. The van der Waals surface area contributed by atoms with Crippen molar-refractivity contribution < 1.29 is 8.42 Å². The largest absolute Gasteiger partial charge is 0.326 e. The summed E-state index contributed by atoms with van der Waals surface area (Å²) in [7, 11) is -3.56. The minimum absolute atomic E-state index is 0.0402. The number of pyridine rings is 1. The Balaban J connectivity index is 1.70. The molecule has 0 aliphatic heterocycles. The fourth-order valence-electron chi connectivity index (χ4n) is 2.34. The van der Waals surface area contributed by atoms with Gasteiger partial charge in [0, 0.05) is 24.7 Å². The summed E-state index contributed by atoms with van der Waals surface area (Å²) in [5.41, 5.74) is 7.45. The maximum Gasteiger partial charge on any atom is 0.258 e. The van der Waals surface area contributed by atoms with Gasteiger partial charge in [0.2, 0.25) is 0 Å². The average Bonchev–Trinajstić information content (AvgIpc) is 3.26. The first-order valence-electron chi connectivity index (χ1n) is 6.82. The zero-order valence-corrected chi connectivity index (χ0v) is 12.3. The zero-order valence-electron chi connectivity index (χ0n) is 11.4. The van der Waals surface area contributed by atoms with Crippen molar-refractivity contribution >= 4 is 10.0 Å². The van der Waals surface area contributed by atoms with E-state index in [1.165, 1.54) is 12.3 Å². The minimum atomic E-state index is -3.56. The molecule has 2 atom stereocenters. The molecule has 5 nitrogen and oxygen atoms in total. The van der Waals surface area contributed by atoms with Gasteiger partial charge in [-0.1, -0.05) is 36.4 Å². The molecule has 1 aromatic heterocycles. The molecule has 0 spiro atoms. The van der Waals surface area contributed by atoms with Crippen LogP contribution >= 0.6 is 0 Å². The Morgan fingerprint density at radius 2 is 1.95 bits per heavy atom. The second-order valence-corrected chi connectivity index (χ2v) is 6.85. The summed E-state index contributed by atoms with van der Waals surface area (Å²) >= 11 is 0. The second-order valence-electron chi connectivity index (χ2n) is 5.19. The van der Waals surface area contributed by atoms with Gasteiger partial charge in [-0.3, -0.25) is 0 Å². The summed E-state index contributed by atoms with van der Waals surface area (Å²) < 4.78 is 27.2. The summed E-state index contributed by atoms with van der Waals surface area (Å²) in [6.07, 6.45) is 2.32. The molecule has 1 aromatic carbocycles.